The summed E-state index contributed by atoms with van der Waals surface area (Å²) in [6, 6.07) is 12.2. The number of nitrogens with one attached hydrogen (secondary N) is 2. The lowest BCUT2D eigenvalue weighted by Gasteiger charge is -2.17. The summed E-state index contributed by atoms with van der Waals surface area (Å²) in [4.78, 5) is 53.4. The molecule has 0 fully saturated rings. The summed E-state index contributed by atoms with van der Waals surface area (Å²) >= 11 is 13.7. The number of ether oxygens (including phenoxy) is 1. The molecule has 222 valence electrons. The second-order valence-corrected chi connectivity index (χ2v) is 10.8. The van der Waals surface area contributed by atoms with Crippen LogP contribution in [0.25, 0.3) is 22.4 Å². The monoisotopic (exact) mass is 623 g/mol. The first-order valence-electron chi connectivity index (χ1n) is 13.2. The summed E-state index contributed by atoms with van der Waals surface area (Å²) in [5.74, 6) is -1.28. The van der Waals surface area contributed by atoms with Crippen LogP contribution in [0.4, 0.5) is 5.69 Å². The molecule has 1 aliphatic carbocycles. The number of carbonyl (C=O) groups excluding carboxylic acids is 1. The zero-order valence-corrected chi connectivity index (χ0v) is 24.9. The average molecular weight is 624 g/mol. The Morgan fingerprint density at radius 2 is 1.74 bits per heavy atom. The molecule has 0 aliphatic heterocycles. The van der Waals surface area contributed by atoms with Crippen molar-refractivity contribution in [3.63, 3.8) is 0 Å². The first kappa shape index (κ1) is 30.0. The van der Waals surface area contributed by atoms with Gasteiger partial charge in [-0.1, -0.05) is 53.5 Å². The maximum atomic E-state index is 13.0. The summed E-state index contributed by atoms with van der Waals surface area (Å²) in [5.41, 5.74) is 2.88. The Morgan fingerprint density at radius 1 is 1.07 bits per heavy atom. The van der Waals surface area contributed by atoms with Gasteiger partial charge in [0.1, 0.15) is 5.56 Å². The quantitative estimate of drug-likeness (QED) is 0.267. The molecule has 0 saturated carbocycles. The fraction of sp³-hybridized carbons (Fsp3) is 0.233. The minimum Gasteiger partial charge on any atom is -0.481 e. The predicted molar refractivity (Wildman–Crippen MR) is 163 cm³/mol. The Balaban J connectivity index is 1.50. The van der Waals surface area contributed by atoms with E-state index in [1.165, 1.54) is 27.4 Å². The number of aliphatic carboxylic acids is 1. The number of aromatic nitrogens is 3. The molecule has 43 heavy (non-hydrogen) atoms. The van der Waals surface area contributed by atoms with Crippen LogP contribution in [0.5, 0.6) is 5.88 Å². The Bertz CT molecular complexity index is 1900. The summed E-state index contributed by atoms with van der Waals surface area (Å²) in [6.07, 6.45) is 2.60. The van der Waals surface area contributed by atoms with Gasteiger partial charge in [0, 0.05) is 48.6 Å². The van der Waals surface area contributed by atoms with Crippen LogP contribution in [0.1, 0.15) is 33.9 Å². The van der Waals surface area contributed by atoms with Crippen molar-refractivity contribution < 1.29 is 19.4 Å². The lowest BCUT2D eigenvalue weighted by Crippen LogP contribution is -2.40. The molecule has 11 nitrogen and oxygen atoms in total. The third-order valence-corrected chi connectivity index (χ3v) is 8.17. The molecule has 1 amide bonds. The molecule has 2 aromatic heterocycles. The van der Waals surface area contributed by atoms with Gasteiger partial charge in [-0.05, 0) is 30.5 Å². The molecule has 0 bridgehead atoms. The smallest absolute Gasteiger partial charge is 0.330 e. The van der Waals surface area contributed by atoms with Gasteiger partial charge in [-0.2, -0.15) is 0 Å². The molecule has 0 spiro atoms. The van der Waals surface area contributed by atoms with E-state index in [2.05, 4.69) is 10.6 Å². The highest BCUT2D eigenvalue weighted by atomic mass is 35.5. The van der Waals surface area contributed by atoms with Crippen LogP contribution in [-0.2, 0) is 25.3 Å². The van der Waals surface area contributed by atoms with Crippen molar-refractivity contribution >= 4 is 40.8 Å². The molecular weight excluding hydrogens is 597 g/mol. The standard InChI is InChI=1S/C30H27Cl2N5O6/c1-36-14-19(29(41)37(2)30(36)42)27(40)34-21-9-5-7-17(26(21)32)16-6-4-8-18(25(16)31)22-12-15-10-11-20(33-13-23(38)39)24(15)28(35-22)43-3/h4-9,12,14,20,33H,10-11,13H2,1-3H3,(H,34,40)(H,38,39)/t20-/m1/s1. The van der Waals surface area contributed by atoms with Gasteiger partial charge in [-0.25, -0.2) is 9.78 Å². The van der Waals surface area contributed by atoms with Crippen molar-refractivity contribution in [3.8, 4) is 28.3 Å². The second kappa shape index (κ2) is 12.0. The number of benzene rings is 2. The first-order valence-corrected chi connectivity index (χ1v) is 14.0. The molecule has 0 unspecified atom stereocenters. The highest BCUT2D eigenvalue weighted by molar-refractivity contribution is 6.39. The van der Waals surface area contributed by atoms with E-state index in [1.54, 1.807) is 24.3 Å². The third kappa shape index (κ3) is 5.66. The summed E-state index contributed by atoms with van der Waals surface area (Å²) in [7, 11) is 4.26. The number of hydrogen-bond acceptors (Lipinski definition) is 7. The molecule has 1 aliphatic rings. The van der Waals surface area contributed by atoms with Crippen LogP contribution in [0.15, 0.2) is 58.3 Å². The zero-order valence-electron chi connectivity index (χ0n) is 23.4. The van der Waals surface area contributed by atoms with Crippen molar-refractivity contribution in [1.29, 1.82) is 0 Å². The highest BCUT2D eigenvalue weighted by Gasteiger charge is 2.29. The van der Waals surface area contributed by atoms with Gasteiger partial charge in [0.05, 0.1) is 35.1 Å². The van der Waals surface area contributed by atoms with Gasteiger partial charge in [-0.3, -0.25) is 24.3 Å². The number of methoxy groups -OCH3 is 1. The number of aryl methyl sites for hydroxylation is 2. The van der Waals surface area contributed by atoms with E-state index >= 15 is 0 Å². The zero-order chi connectivity index (χ0) is 31.0. The van der Waals surface area contributed by atoms with E-state index in [1.807, 2.05) is 18.2 Å². The number of carboxylic acids is 1. The van der Waals surface area contributed by atoms with Crippen LogP contribution in [0, 0.1) is 0 Å². The minimum atomic E-state index is -0.945. The molecule has 2 heterocycles. The summed E-state index contributed by atoms with van der Waals surface area (Å²) < 4.78 is 7.60. The number of nitrogens with zero attached hydrogens (tertiary/aromatic N) is 3. The molecule has 5 rings (SSSR count). The van der Waals surface area contributed by atoms with Crippen LogP contribution >= 0.6 is 23.2 Å². The number of anilines is 1. The van der Waals surface area contributed by atoms with Crippen LogP contribution in [0.3, 0.4) is 0 Å². The molecule has 4 aromatic rings. The van der Waals surface area contributed by atoms with Crippen molar-refractivity contribution in [2.45, 2.75) is 18.9 Å². The number of pyridine rings is 1. The number of carbonyl (C=O) groups is 2. The lowest BCUT2D eigenvalue weighted by atomic mass is 9.99. The molecule has 2 aromatic carbocycles. The molecule has 13 heteroatoms. The Labute approximate surface area is 255 Å². The highest BCUT2D eigenvalue weighted by Crippen LogP contribution is 2.44. The molecule has 3 N–H and O–H groups in total. The number of halogens is 2. The third-order valence-electron chi connectivity index (χ3n) is 7.36. The van der Waals surface area contributed by atoms with Gasteiger partial charge < -0.3 is 19.7 Å². The normalized spacial score (nSPS) is 13.9. The van der Waals surface area contributed by atoms with Gasteiger partial charge in [0.25, 0.3) is 11.5 Å². The fourth-order valence-electron chi connectivity index (χ4n) is 5.24. The molecule has 0 saturated heterocycles. The van der Waals surface area contributed by atoms with Gasteiger partial charge in [0.15, 0.2) is 0 Å². The predicted octanol–water partition coefficient (Wildman–Crippen LogP) is 4.04. The number of amides is 1. The largest absolute Gasteiger partial charge is 0.481 e. The van der Waals surface area contributed by atoms with Gasteiger partial charge in [-0.15, -0.1) is 0 Å². The fourth-order valence-corrected chi connectivity index (χ4v) is 5.84. The number of rotatable bonds is 8. The minimum absolute atomic E-state index is 0.176. The van der Waals surface area contributed by atoms with Crippen molar-refractivity contribution in [2.75, 3.05) is 19.0 Å². The summed E-state index contributed by atoms with van der Waals surface area (Å²) in [5, 5.41) is 15.4. The maximum absolute atomic E-state index is 13.0. The van der Waals surface area contributed by atoms with E-state index < -0.39 is 23.1 Å². The Hall–Kier alpha value is -4.45. The molecule has 1 atom stereocenters. The van der Waals surface area contributed by atoms with Crippen LogP contribution in [0.2, 0.25) is 10.0 Å². The van der Waals surface area contributed by atoms with E-state index in [4.69, 9.17) is 38.0 Å². The van der Waals surface area contributed by atoms with E-state index in [0.717, 1.165) is 20.3 Å². The van der Waals surface area contributed by atoms with Crippen molar-refractivity contribution in [1.82, 2.24) is 19.4 Å². The Morgan fingerprint density at radius 3 is 2.44 bits per heavy atom. The van der Waals surface area contributed by atoms with Gasteiger partial charge >= 0.3 is 11.7 Å². The van der Waals surface area contributed by atoms with Crippen LogP contribution < -0.4 is 26.6 Å². The van der Waals surface area contributed by atoms with Crippen molar-refractivity contribution in [3.05, 3.63) is 96.2 Å². The lowest BCUT2D eigenvalue weighted by molar-refractivity contribution is -0.136. The average Bonchev–Trinajstić information content (AvgIpc) is 3.40. The van der Waals surface area contributed by atoms with E-state index in [-0.39, 0.29) is 28.9 Å². The van der Waals surface area contributed by atoms with Crippen LogP contribution in [-0.4, -0.2) is 44.8 Å². The number of fused-ring (bicyclic) bond motifs is 1. The number of hydrogen-bond donors (Lipinski definition) is 3. The SMILES string of the molecule is COc1nc(-c2cccc(-c3cccc(NC(=O)c4cn(C)c(=O)n(C)c4=O)c3Cl)c2Cl)cc2c1[C@H](NCC(=O)O)CC2. The second-order valence-electron chi connectivity index (χ2n) is 10.0. The van der Waals surface area contributed by atoms with E-state index in [0.29, 0.717) is 46.1 Å². The number of carboxylic acid groups (broad SMARTS) is 1. The first-order chi connectivity index (χ1) is 20.5. The topological polar surface area (TPSA) is 145 Å². The maximum Gasteiger partial charge on any atom is 0.330 e. The molecular formula is C30H27Cl2N5O6. The van der Waals surface area contributed by atoms with Gasteiger partial charge in [0.2, 0.25) is 5.88 Å². The van der Waals surface area contributed by atoms with E-state index in [9.17, 15) is 19.2 Å². The van der Waals surface area contributed by atoms with Crippen molar-refractivity contribution in [2.24, 2.45) is 14.1 Å². The molecule has 0 radical (unpaired) electrons. The Kier molecular flexibility index (Phi) is 8.41. The summed E-state index contributed by atoms with van der Waals surface area (Å²) in [6.45, 7) is -0.176.